The van der Waals surface area contributed by atoms with E-state index < -0.39 is 0 Å². The normalized spacial score (nSPS) is 13.3. The fraction of sp³-hybridized carbons (Fsp3) is 0.190. The fourth-order valence-electron chi connectivity index (χ4n) is 2.62. The molecule has 4 rings (SSSR count). The van der Waals surface area contributed by atoms with Crippen molar-refractivity contribution in [3.63, 3.8) is 0 Å². The zero-order chi connectivity index (χ0) is 17.9. The maximum atomic E-state index is 12.7. The second-order valence-corrected chi connectivity index (χ2v) is 6.57. The molecule has 5 nitrogen and oxygen atoms in total. The molecule has 0 bridgehead atoms. The highest BCUT2D eigenvalue weighted by molar-refractivity contribution is 6.03. The SMILES string of the molecule is Cc1ccc(NC(=O)c2cc(NC3CC3)nc(-c3ccccc3)n2)cc1. The predicted octanol–water partition coefficient (Wildman–Crippen LogP) is 4.28. The van der Waals surface area contributed by atoms with Crippen LogP contribution in [0.25, 0.3) is 11.4 Å². The fourth-order valence-corrected chi connectivity index (χ4v) is 2.62. The smallest absolute Gasteiger partial charge is 0.274 e. The number of hydrogen-bond acceptors (Lipinski definition) is 4. The van der Waals surface area contributed by atoms with Crippen molar-refractivity contribution in [2.24, 2.45) is 0 Å². The van der Waals surface area contributed by atoms with Gasteiger partial charge in [0.05, 0.1) is 0 Å². The molecule has 0 aliphatic heterocycles. The first-order valence-corrected chi connectivity index (χ1v) is 8.76. The summed E-state index contributed by atoms with van der Waals surface area (Å²) in [6.45, 7) is 2.01. The van der Waals surface area contributed by atoms with Gasteiger partial charge in [0, 0.05) is 23.4 Å². The van der Waals surface area contributed by atoms with Crippen molar-refractivity contribution in [3.8, 4) is 11.4 Å². The Morgan fingerprint density at radius 1 is 1.00 bits per heavy atom. The Kier molecular flexibility index (Phi) is 4.35. The number of anilines is 2. The Morgan fingerprint density at radius 2 is 1.73 bits per heavy atom. The maximum Gasteiger partial charge on any atom is 0.274 e. The molecule has 130 valence electrons. The Hall–Kier alpha value is -3.21. The molecule has 1 aliphatic carbocycles. The number of nitrogens with zero attached hydrogens (tertiary/aromatic N) is 2. The molecule has 5 heteroatoms. The van der Waals surface area contributed by atoms with Crippen LogP contribution in [-0.2, 0) is 0 Å². The Labute approximate surface area is 152 Å². The Balaban J connectivity index is 1.65. The number of nitrogens with one attached hydrogen (secondary N) is 2. The minimum atomic E-state index is -0.243. The molecule has 1 fully saturated rings. The molecule has 0 atom stereocenters. The number of aromatic nitrogens is 2. The van der Waals surface area contributed by atoms with Gasteiger partial charge in [-0.2, -0.15) is 0 Å². The third-order valence-electron chi connectivity index (χ3n) is 4.23. The van der Waals surface area contributed by atoms with E-state index in [1.54, 1.807) is 6.07 Å². The van der Waals surface area contributed by atoms with E-state index in [1.165, 1.54) is 0 Å². The molecule has 3 aromatic rings. The van der Waals surface area contributed by atoms with Crippen LogP contribution in [0.3, 0.4) is 0 Å². The number of benzene rings is 2. The van der Waals surface area contributed by atoms with E-state index in [-0.39, 0.29) is 5.91 Å². The summed E-state index contributed by atoms with van der Waals surface area (Å²) in [4.78, 5) is 21.8. The van der Waals surface area contributed by atoms with E-state index in [0.29, 0.717) is 23.4 Å². The van der Waals surface area contributed by atoms with Gasteiger partial charge in [-0.3, -0.25) is 4.79 Å². The van der Waals surface area contributed by atoms with Gasteiger partial charge in [-0.25, -0.2) is 9.97 Å². The second kappa shape index (κ2) is 6.96. The van der Waals surface area contributed by atoms with Crippen LogP contribution in [0.5, 0.6) is 0 Å². The largest absolute Gasteiger partial charge is 0.367 e. The molecule has 0 spiro atoms. The van der Waals surface area contributed by atoms with E-state index in [9.17, 15) is 4.79 Å². The highest BCUT2D eigenvalue weighted by Gasteiger charge is 2.22. The van der Waals surface area contributed by atoms with Gasteiger partial charge in [0.1, 0.15) is 11.5 Å². The lowest BCUT2D eigenvalue weighted by atomic mass is 10.2. The number of amides is 1. The quantitative estimate of drug-likeness (QED) is 0.725. The first kappa shape index (κ1) is 16.3. The van der Waals surface area contributed by atoms with Crippen molar-refractivity contribution in [3.05, 3.63) is 71.9 Å². The van der Waals surface area contributed by atoms with E-state index in [0.717, 1.165) is 29.7 Å². The lowest BCUT2D eigenvalue weighted by Crippen LogP contribution is -2.16. The van der Waals surface area contributed by atoms with Gasteiger partial charge >= 0.3 is 0 Å². The van der Waals surface area contributed by atoms with Crippen molar-refractivity contribution in [1.29, 1.82) is 0 Å². The van der Waals surface area contributed by atoms with Crippen molar-refractivity contribution in [1.82, 2.24) is 9.97 Å². The summed E-state index contributed by atoms with van der Waals surface area (Å²) in [5.41, 5.74) is 3.13. The molecule has 2 N–H and O–H groups in total. The molecule has 0 radical (unpaired) electrons. The zero-order valence-electron chi connectivity index (χ0n) is 14.6. The van der Waals surface area contributed by atoms with Gasteiger partial charge in [-0.1, -0.05) is 48.0 Å². The first-order valence-electron chi connectivity index (χ1n) is 8.76. The summed E-state index contributed by atoms with van der Waals surface area (Å²) in [6.07, 6.45) is 2.27. The zero-order valence-corrected chi connectivity index (χ0v) is 14.6. The summed E-state index contributed by atoms with van der Waals surface area (Å²) >= 11 is 0. The Morgan fingerprint density at radius 3 is 2.42 bits per heavy atom. The van der Waals surface area contributed by atoms with Crippen LogP contribution in [-0.4, -0.2) is 21.9 Å². The van der Waals surface area contributed by atoms with Crippen LogP contribution >= 0.6 is 0 Å². The molecule has 1 saturated carbocycles. The van der Waals surface area contributed by atoms with Gasteiger partial charge in [-0.05, 0) is 31.9 Å². The third-order valence-corrected chi connectivity index (χ3v) is 4.23. The monoisotopic (exact) mass is 344 g/mol. The van der Waals surface area contributed by atoms with Gasteiger partial charge in [-0.15, -0.1) is 0 Å². The molecule has 2 aromatic carbocycles. The summed E-state index contributed by atoms with van der Waals surface area (Å²) in [5, 5.41) is 6.26. The van der Waals surface area contributed by atoms with Crippen LogP contribution in [0.4, 0.5) is 11.5 Å². The minimum absolute atomic E-state index is 0.243. The average Bonchev–Trinajstić information content (AvgIpc) is 3.48. The molecule has 0 saturated heterocycles. The maximum absolute atomic E-state index is 12.7. The molecular formula is C21H20N4O. The molecule has 1 heterocycles. The lowest BCUT2D eigenvalue weighted by Gasteiger charge is -2.10. The van der Waals surface area contributed by atoms with Crippen molar-refractivity contribution in [2.45, 2.75) is 25.8 Å². The van der Waals surface area contributed by atoms with Crippen LogP contribution in [0, 0.1) is 6.92 Å². The van der Waals surface area contributed by atoms with Crippen LogP contribution < -0.4 is 10.6 Å². The van der Waals surface area contributed by atoms with Crippen molar-refractivity contribution < 1.29 is 4.79 Å². The van der Waals surface area contributed by atoms with E-state index in [2.05, 4.69) is 20.6 Å². The highest BCUT2D eigenvalue weighted by atomic mass is 16.1. The number of hydrogen-bond donors (Lipinski definition) is 2. The topological polar surface area (TPSA) is 66.9 Å². The predicted molar refractivity (Wildman–Crippen MR) is 103 cm³/mol. The molecule has 26 heavy (non-hydrogen) atoms. The number of aryl methyl sites for hydroxylation is 1. The summed E-state index contributed by atoms with van der Waals surface area (Å²) < 4.78 is 0. The molecule has 1 amide bonds. The molecule has 0 unspecified atom stereocenters. The van der Waals surface area contributed by atoms with E-state index in [4.69, 9.17) is 0 Å². The van der Waals surface area contributed by atoms with Gasteiger partial charge in [0.25, 0.3) is 5.91 Å². The summed E-state index contributed by atoms with van der Waals surface area (Å²) in [5.74, 6) is 0.994. The van der Waals surface area contributed by atoms with Crippen molar-refractivity contribution in [2.75, 3.05) is 10.6 Å². The van der Waals surface area contributed by atoms with Gasteiger partial charge in [0.15, 0.2) is 5.82 Å². The number of carbonyl (C=O) groups is 1. The van der Waals surface area contributed by atoms with E-state index in [1.807, 2.05) is 61.5 Å². The second-order valence-electron chi connectivity index (χ2n) is 6.57. The first-order chi connectivity index (χ1) is 12.7. The standard InChI is InChI=1S/C21H20N4O/c1-14-7-9-17(10-8-14)23-21(26)18-13-19(22-16-11-12-16)25-20(24-18)15-5-3-2-4-6-15/h2-10,13,16H,11-12H2,1H3,(H,23,26)(H,22,24,25). The number of rotatable bonds is 5. The van der Waals surface area contributed by atoms with Gasteiger partial charge in [0.2, 0.25) is 0 Å². The Bertz CT molecular complexity index is 919. The minimum Gasteiger partial charge on any atom is -0.367 e. The molecular weight excluding hydrogens is 324 g/mol. The summed E-state index contributed by atoms with van der Waals surface area (Å²) in [7, 11) is 0. The highest BCUT2D eigenvalue weighted by Crippen LogP contribution is 2.25. The number of carbonyl (C=O) groups excluding carboxylic acids is 1. The van der Waals surface area contributed by atoms with Crippen LogP contribution in [0.2, 0.25) is 0 Å². The third kappa shape index (κ3) is 3.88. The summed E-state index contributed by atoms with van der Waals surface area (Å²) in [6, 6.07) is 19.6. The van der Waals surface area contributed by atoms with Gasteiger partial charge < -0.3 is 10.6 Å². The lowest BCUT2D eigenvalue weighted by molar-refractivity contribution is 0.102. The molecule has 1 aromatic heterocycles. The van der Waals surface area contributed by atoms with E-state index >= 15 is 0 Å². The van der Waals surface area contributed by atoms with Crippen LogP contribution in [0.15, 0.2) is 60.7 Å². The average molecular weight is 344 g/mol. The van der Waals surface area contributed by atoms with Crippen molar-refractivity contribution >= 4 is 17.4 Å². The molecule has 1 aliphatic rings. The van der Waals surface area contributed by atoms with Crippen LogP contribution in [0.1, 0.15) is 28.9 Å².